The molecule has 1 heterocycles. The maximum absolute atomic E-state index is 12.8. The summed E-state index contributed by atoms with van der Waals surface area (Å²) < 4.78 is 25.7. The maximum atomic E-state index is 12.8. The number of allylic oxidation sites excluding steroid dienone is 2. The molecule has 0 atom stereocenters. The predicted octanol–water partition coefficient (Wildman–Crippen LogP) is 2.46. The topological polar surface area (TPSA) is 79.5 Å². The highest BCUT2D eigenvalue weighted by atomic mass is 35.5. The number of rotatable bonds is 5. The van der Waals surface area contributed by atoms with E-state index >= 15 is 0 Å². The van der Waals surface area contributed by atoms with Gasteiger partial charge in [-0.2, -0.15) is 0 Å². The number of carbonyl (C=O) groups excluding carboxylic acids is 1. The number of carbonyl (C=O) groups is 1. The molecule has 1 amide bonds. The minimum atomic E-state index is -2.78. The second-order valence-corrected chi connectivity index (χ2v) is 5.31. The molecule has 5 nitrogen and oxygen atoms in total. The average molecular weight is 353 g/mol. The first kappa shape index (κ1) is 17.7. The number of aliphatic imine (C=N–C) groups is 1. The van der Waals surface area contributed by atoms with Crippen molar-refractivity contribution in [3.05, 3.63) is 70.7 Å². The van der Waals surface area contributed by atoms with Crippen molar-refractivity contribution in [3.8, 4) is 0 Å². The van der Waals surface area contributed by atoms with Crippen LogP contribution in [0.25, 0.3) is 0 Å². The van der Waals surface area contributed by atoms with Crippen molar-refractivity contribution in [1.29, 1.82) is 0 Å². The molecule has 1 aromatic rings. The molecule has 1 aliphatic heterocycles. The standard InChI is InChI=1S/C16H15ClF2N4O/c1-9-6-13(14(18)19)23-15(22-9)12(7-20)16(24)21-8-10-2-4-11(17)5-3-10/h2-7,14H,1,8,20H2,(H,21,24)(H,22,23). The maximum Gasteiger partial charge on any atom is 0.280 e. The molecule has 0 radical (unpaired) electrons. The first-order valence-electron chi connectivity index (χ1n) is 6.90. The van der Waals surface area contributed by atoms with Crippen molar-refractivity contribution in [2.24, 2.45) is 10.7 Å². The summed E-state index contributed by atoms with van der Waals surface area (Å²) in [6, 6.07) is 6.90. The molecule has 2 rings (SSSR count). The van der Waals surface area contributed by atoms with Crippen molar-refractivity contribution >= 4 is 23.3 Å². The number of amides is 1. The highest BCUT2D eigenvalue weighted by Gasteiger charge is 2.22. The van der Waals surface area contributed by atoms with Gasteiger partial charge in [0, 0.05) is 23.5 Å². The number of nitrogens with zero attached hydrogens (tertiary/aromatic N) is 1. The van der Waals surface area contributed by atoms with Crippen molar-refractivity contribution in [2.75, 3.05) is 0 Å². The molecule has 0 bridgehead atoms. The van der Waals surface area contributed by atoms with Gasteiger partial charge in [0.2, 0.25) is 0 Å². The van der Waals surface area contributed by atoms with Crippen molar-refractivity contribution in [3.63, 3.8) is 0 Å². The van der Waals surface area contributed by atoms with Crippen LogP contribution in [0.3, 0.4) is 0 Å². The lowest BCUT2D eigenvalue weighted by atomic mass is 10.1. The van der Waals surface area contributed by atoms with Crippen LogP contribution in [0, 0.1) is 0 Å². The summed E-state index contributed by atoms with van der Waals surface area (Å²) in [6.45, 7) is 3.78. The van der Waals surface area contributed by atoms with Crippen molar-refractivity contribution < 1.29 is 13.6 Å². The van der Waals surface area contributed by atoms with Crippen LogP contribution < -0.4 is 16.4 Å². The first-order chi connectivity index (χ1) is 11.4. The third-order valence-electron chi connectivity index (χ3n) is 3.10. The zero-order valence-electron chi connectivity index (χ0n) is 12.5. The molecule has 0 saturated carbocycles. The van der Waals surface area contributed by atoms with Crippen LogP contribution in [0.4, 0.5) is 8.78 Å². The average Bonchev–Trinajstić information content (AvgIpc) is 2.54. The van der Waals surface area contributed by atoms with Gasteiger partial charge < -0.3 is 16.4 Å². The smallest absolute Gasteiger partial charge is 0.280 e. The lowest BCUT2D eigenvalue weighted by Crippen LogP contribution is -2.36. The molecule has 0 fully saturated rings. The fourth-order valence-electron chi connectivity index (χ4n) is 1.94. The fourth-order valence-corrected chi connectivity index (χ4v) is 2.06. The number of hydrogen-bond acceptors (Lipinski definition) is 4. The molecule has 0 saturated heterocycles. The Balaban J connectivity index is 2.10. The molecule has 0 aliphatic carbocycles. The summed E-state index contributed by atoms with van der Waals surface area (Å²) in [5.41, 5.74) is 5.93. The van der Waals surface area contributed by atoms with Gasteiger partial charge in [-0.3, -0.25) is 4.79 Å². The highest BCUT2D eigenvalue weighted by Crippen LogP contribution is 2.17. The molecule has 126 valence electrons. The Kier molecular flexibility index (Phi) is 5.70. The van der Waals surface area contributed by atoms with Gasteiger partial charge in [0.15, 0.2) is 0 Å². The van der Waals surface area contributed by atoms with E-state index in [1.165, 1.54) is 0 Å². The number of halogens is 3. The highest BCUT2D eigenvalue weighted by molar-refractivity contribution is 6.30. The monoisotopic (exact) mass is 352 g/mol. The molecule has 1 aromatic carbocycles. The number of nitrogens with two attached hydrogens (primary N) is 1. The predicted molar refractivity (Wildman–Crippen MR) is 89.4 cm³/mol. The lowest BCUT2D eigenvalue weighted by molar-refractivity contribution is -0.117. The minimum absolute atomic E-state index is 0.0589. The molecule has 1 aliphatic rings. The molecule has 8 heteroatoms. The van der Waals surface area contributed by atoms with Crippen LogP contribution in [0.5, 0.6) is 0 Å². The van der Waals surface area contributed by atoms with E-state index in [-0.39, 0.29) is 23.7 Å². The number of nitrogens with one attached hydrogen (secondary N) is 2. The molecule has 0 spiro atoms. The van der Waals surface area contributed by atoms with Gasteiger partial charge in [0.25, 0.3) is 12.3 Å². The Morgan fingerprint density at radius 1 is 1.42 bits per heavy atom. The Morgan fingerprint density at radius 2 is 2.08 bits per heavy atom. The van der Waals surface area contributed by atoms with Gasteiger partial charge in [-0.05, 0) is 23.8 Å². The van der Waals surface area contributed by atoms with Gasteiger partial charge in [-0.1, -0.05) is 30.3 Å². The second-order valence-electron chi connectivity index (χ2n) is 4.87. The molecule has 0 unspecified atom stereocenters. The van der Waals surface area contributed by atoms with E-state index in [2.05, 4.69) is 22.2 Å². The number of benzene rings is 1. The van der Waals surface area contributed by atoms with E-state index in [1.54, 1.807) is 24.3 Å². The number of amidine groups is 1. The van der Waals surface area contributed by atoms with Gasteiger partial charge in [0.1, 0.15) is 11.5 Å². The number of alkyl halides is 2. The Bertz CT molecular complexity index is 739. The van der Waals surface area contributed by atoms with E-state index in [9.17, 15) is 13.6 Å². The van der Waals surface area contributed by atoms with E-state index in [0.717, 1.165) is 17.8 Å². The molecular formula is C16H15ClF2N4O. The van der Waals surface area contributed by atoms with Crippen LogP contribution in [0.15, 0.2) is 65.1 Å². The molecule has 0 aromatic heterocycles. The van der Waals surface area contributed by atoms with Crippen LogP contribution in [0.2, 0.25) is 5.02 Å². The Labute approximate surface area is 142 Å². The van der Waals surface area contributed by atoms with Crippen molar-refractivity contribution in [1.82, 2.24) is 10.6 Å². The summed E-state index contributed by atoms with van der Waals surface area (Å²) in [5.74, 6) is -0.629. The normalized spacial score (nSPS) is 14.8. The fraction of sp³-hybridized carbons (Fsp3) is 0.125. The SMILES string of the molecule is C=C1C=C(C(F)F)N=C(C(=CN)C(=O)NCc2ccc(Cl)cc2)N1. The molecular weight excluding hydrogens is 338 g/mol. The van der Waals surface area contributed by atoms with Crippen LogP contribution >= 0.6 is 11.6 Å². The summed E-state index contributed by atoms with van der Waals surface area (Å²) >= 11 is 5.79. The van der Waals surface area contributed by atoms with Crippen LogP contribution in [-0.4, -0.2) is 18.2 Å². The van der Waals surface area contributed by atoms with E-state index in [0.29, 0.717) is 5.02 Å². The first-order valence-corrected chi connectivity index (χ1v) is 7.27. The third kappa shape index (κ3) is 4.42. The quantitative estimate of drug-likeness (QED) is 0.712. The summed E-state index contributed by atoms with van der Waals surface area (Å²) in [4.78, 5) is 16.0. The van der Waals surface area contributed by atoms with Crippen LogP contribution in [-0.2, 0) is 11.3 Å². The summed E-state index contributed by atoms with van der Waals surface area (Å²) in [7, 11) is 0. The van der Waals surface area contributed by atoms with Gasteiger partial charge >= 0.3 is 0 Å². The summed E-state index contributed by atoms with van der Waals surface area (Å²) in [5, 5.41) is 5.88. The van der Waals surface area contributed by atoms with E-state index < -0.39 is 18.0 Å². The summed E-state index contributed by atoms with van der Waals surface area (Å²) in [6.07, 6.45) is -0.673. The zero-order chi connectivity index (χ0) is 17.7. The lowest BCUT2D eigenvalue weighted by Gasteiger charge is -2.18. The largest absolute Gasteiger partial charge is 0.404 e. The van der Waals surface area contributed by atoms with Crippen LogP contribution in [0.1, 0.15) is 5.56 Å². The third-order valence-corrected chi connectivity index (χ3v) is 3.35. The van der Waals surface area contributed by atoms with E-state index in [1.807, 2.05) is 0 Å². The van der Waals surface area contributed by atoms with E-state index in [4.69, 9.17) is 17.3 Å². The Morgan fingerprint density at radius 3 is 2.67 bits per heavy atom. The van der Waals surface area contributed by atoms with Gasteiger partial charge in [0.05, 0.1) is 5.57 Å². The minimum Gasteiger partial charge on any atom is -0.404 e. The number of hydrogen-bond donors (Lipinski definition) is 3. The molecule has 4 N–H and O–H groups in total. The van der Waals surface area contributed by atoms with Gasteiger partial charge in [-0.15, -0.1) is 0 Å². The van der Waals surface area contributed by atoms with Gasteiger partial charge in [-0.25, -0.2) is 13.8 Å². The molecule has 24 heavy (non-hydrogen) atoms. The zero-order valence-corrected chi connectivity index (χ0v) is 13.3. The second kappa shape index (κ2) is 7.74. The van der Waals surface area contributed by atoms with Crippen molar-refractivity contribution in [2.45, 2.75) is 13.0 Å². The Hall–Kier alpha value is -2.67.